The summed E-state index contributed by atoms with van der Waals surface area (Å²) in [5, 5.41) is 4.95. The number of hydrogen-bond acceptors (Lipinski definition) is 3. The number of hydrogen-bond donors (Lipinski definition) is 1. The number of carbonyl (C=O) groups excluding carboxylic acids is 2. The maximum absolute atomic E-state index is 12.2. The molecular weight excluding hydrogens is 292 g/mol. The maximum Gasteiger partial charge on any atom is 0.251 e. The highest BCUT2D eigenvalue weighted by Gasteiger charge is 2.16. The average molecular weight is 312 g/mol. The Morgan fingerprint density at radius 3 is 2.57 bits per heavy atom. The van der Waals surface area contributed by atoms with Gasteiger partial charge in [-0.05, 0) is 22.9 Å². The second kappa shape index (κ2) is 7.24. The maximum atomic E-state index is 12.2. The Morgan fingerprint density at radius 2 is 1.78 bits per heavy atom. The fourth-order valence-corrected chi connectivity index (χ4v) is 2.69. The number of nitrogens with one attached hydrogen (secondary N) is 1. The molecule has 5 heteroatoms. The van der Waals surface area contributed by atoms with Gasteiger partial charge in [-0.2, -0.15) is 0 Å². The lowest BCUT2D eigenvalue weighted by Gasteiger charge is -2.26. The third-order valence-electron chi connectivity index (χ3n) is 4.00. The van der Waals surface area contributed by atoms with E-state index in [4.69, 9.17) is 4.74 Å². The number of benzene rings is 2. The lowest BCUT2D eigenvalue weighted by atomic mass is 10.1. The number of ether oxygens (including phenoxy) is 1. The predicted octanol–water partition coefficient (Wildman–Crippen LogP) is 1.82. The van der Waals surface area contributed by atoms with Gasteiger partial charge in [0, 0.05) is 31.6 Å². The first-order valence-corrected chi connectivity index (χ1v) is 7.86. The van der Waals surface area contributed by atoms with Crippen molar-refractivity contribution in [3.05, 3.63) is 48.0 Å². The number of morpholine rings is 1. The van der Waals surface area contributed by atoms with Crippen LogP contribution in [0.4, 0.5) is 0 Å². The standard InChI is InChI=1S/C18H20N2O3/c21-17(20-9-11-23-12-10-20)7-8-19-18(22)16-6-5-14-3-1-2-4-15(14)13-16/h1-6,13H,7-12H2,(H,19,22). The molecule has 1 aliphatic heterocycles. The number of fused-ring (bicyclic) bond motifs is 1. The summed E-state index contributed by atoms with van der Waals surface area (Å²) in [6.45, 7) is 2.81. The molecule has 23 heavy (non-hydrogen) atoms. The van der Waals surface area contributed by atoms with Gasteiger partial charge in [-0.25, -0.2) is 0 Å². The number of amides is 2. The van der Waals surface area contributed by atoms with Crippen molar-refractivity contribution in [3.8, 4) is 0 Å². The minimum absolute atomic E-state index is 0.0621. The van der Waals surface area contributed by atoms with E-state index < -0.39 is 0 Å². The van der Waals surface area contributed by atoms with Gasteiger partial charge in [0.25, 0.3) is 5.91 Å². The Kier molecular flexibility index (Phi) is 4.88. The van der Waals surface area contributed by atoms with E-state index in [-0.39, 0.29) is 11.8 Å². The van der Waals surface area contributed by atoms with Gasteiger partial charge in [0.15, 0.2) is 0 Å². The molecule has 0 aliphatic carbocycles. The molecule has 1 fully saturated rings. The zero-order valence-electron chi connectivity index (χ0n) is 13.0. The Labute approximate surface area is 135 Å². The van der Waals surface area contributed by atoms with Gasteiger partial charge >= 0.3 is 0 Å². The third kappa shape index (κ3) is 3.87. The number of nitrogens with zero attached hydrogens (tertiary/aromatic N) is 1. The molecule has 1 saturated heterocycles. The van der Waals surface area contributed by atoms with Crippen LogP contribution in [0.25, 0.3) is 10.8 Å². The van der Waals surface area contributed by atoms with Gasteiger partial charge in [-0.15, -0.1) is 0 Å². The first-order chi connectivity index (χ1) is 11.2. The van der Waals surface area contributed by atoms with Crippen molar-refractivity contribution in [3.63, 3.8) is 0 Å². The molecule has 3 rings (SSSR count). The molecule has 120 valence electrons. The topological polar surface area (TPSA) is 58.6 Å². The second-order valence-corrected chi connectivity index (χ2v) is 5.56. The van der Waals surface area contributed by atoms with Gasteiger partial charge in [-0.1, -0.05) is 30.3 Å². The van der Waals surface area contributed by atoms with Gasteiger partial charge in [-0.3, -0.25) is 9.59 Å². The second-order valence-electron chi connectivity index (χ2n) is 5.56. The number of carbonyl (C=O) groups is 2. The molecule has 1 heterocycles. The van der Waals surface area contributed by atoms with E-state index in [1.165, 1.54) is 0 Å². The van der Waals surface area contributed by atoms with Crippen molar-refractivity contribution in [1.29, 1.82) is 0 Å². The first kappa shape index (κ1) is 15.5. The summed E-state index contributed by atoms with van der Waals surface area (Å²) in [6, 6.07) is 13.5. The molecule has 1 aliphatic rings. The molecule has 0 radical (unpaired) electrons. The highest BCUT2D eigenvalue weighted by molar-refractivity contribution is 5.98. The molecule has 0 spiro atoms. The highest BCUT2D eigenvalue weighted by Crippen LogP contribution is 2.15. The van der Waals surface area contributed by atoms with Crippen molar-refractivity contribution in [1.82, 2.24) is 10.2 Å². The van der Waals surface area contributed by atoms with E-state index in [1.54, 1.807) is 4.90 Å². The lowest BCUT2D eigenvalue weighted by molar-refractivity contribution is -0.135. The van der Waals surface area contributed by atoms with Crippen LogP contribution in [0.1, 0.15) is 16.8 Å². The van der Waals surface area contributed by atoms with E-state index in [0.717, 1.165) is 10.8 Å². The van der Waals surface area contributed by atoms with Crippen LogP contribution in [-0.4, -0.2) is 49.6 Å². The van der Waals surface area contributed by atoms with Crippen LogP contribution < -0.4 is 5.32 Å². The van der Waals surface area contributed by atoms with Crippen molar-refractivity contribution in [2.75, 3.05) is 32.8 Å². The average Bonchev–Trinajstić information content (AvgIpc) is 2.61. The summed E-state index contributed by atoms with van der Waals surface area (Å²) in [5.41, 5.74) is 0.613. The van der Waals surface area contributed by atoms with Gasteiger partial charge in [0.2, 0.25) is 5.91 Å². The van der Waals surface area contributed by atoms with E-state index in [2.05, 4.69) is 5.32 Å². The SMILES string of the molecule is O=C(NCCC(=O)N1CCOCC1)c1ccc2ccccc2c1. The minimum Gasteiger partial charge on any atom is -0.378 e. The van der Waals surface area contributed by atoms with E-state index >= 15 is 0 Å². The van der Waals surface area contributed by atoms with E-state index in [9.17, 15) is 9.59 Å². The van der Waals surface area contributed by atoms with E-state index in [1.807, 2.05) is 42.5 Å². The Bertz CT molecular complexity index is 708. The molecular formula is C18H20N2O3. The summed E-state index contributed by atoms with van der Waals surface area (Å²) >= 11 is 0. The molecule has 1 N–H and O–H groups in total. The van der Waals surface area contributed by atoms with Crippen LogP contribution in [0.5, 0.6) is 0 Å². The molecule has 0 saturated carbocycles. The van der Waals surface area contributed by atoms with Gasteiger partial charge < -0.3 is 15.0 Å². The van der Waals surface area contributed by atoms with Crippen LogP contribution in [0.15, 0.2) is 42.5 Å². The summed E-state index contributed by atoms with van der Waals surface area (Å²) in [7, 11) is 0. The first-order valence-electron chi connectivity index (χ1n) is 7.86. The number of rotatable bonds is 4. The van der Waals surface area contributed by atoms with Crippen molar-refractivity contribution >= 4 is 22.6 Å². The molecule has 2 aromatic carbocycles. The fraction of sp³-hybridized carbons (Fsp3) is 0.333. The van der Waals surface area contributed by atoms with E-state index in [0.29, 0.717) is 44.8 Å². The molecule has 0 atom stereocenters. The van der Waals surface area contributed by atoms with Crippen LogP contribution >= 0.6 is 0 Å². The quantitative estimate of drug-likeness (QED) is 0.937. The summed E-state index contributed by atoms with van der Waals surface area (Å²) in [5.74, 6) is -0.0855. The summed E-state index contributed by atoms with van der Waals surface area (Å²) in [6.07, 6.45) is 0.319. The molecule has 0 unspecified atom stereocenters. The molecule has 0 bridgehead atoms. The smallest absolute Gasteiger partial charge is 0.251 e. The minimum atomic E-state index is -0.148. The van der Waals surface area contributed by atoms with Crippen LogP contribution in [0, 0.1) is 0 Å². The van der Waals surface area contributed by atoms with Crippen LogP contribution in [0.3, 0.4) is 0 Å². The normalized spacial score (nSPS) is 14.7. The van der Waals surface area contributed by atoms with Crippen LogP contribution in [-0.2, 0) is 9.53 Å². The third-order valence-corrected chi connectivity index (χ3v) is 4.00. The molecule has 0 aromatic heterocycles. The lowest BCUT2D eigenvalue weighted by Crippen LogP contribution is -2.42. The van der Waals surface area contributed by atoms with Crippen molar-refractivity contribution < 1.29 is 14.3 Å². The van der Waals surface area contributed by atoms with Crippen LogP contribution in [0.2, 0.25) is 0 Å². The zero-order chi connectivity index (χ0) is 16.1. The van der Waals surface area contributed by atoms with Gasteiger partial charge in [0.1, 0.15) is 0 Å². The van der Waals surface area contributed by atoms with Crippen molar-refractivity contribution in [2.24, 2.45) is 0 Å². The largest absolute Gasteiger partial charge is 0.378 e. The Hall–Kier alpha value is -2.40. The zero-order valence-corrected chi connectivity index (χ0v) is 13.0. The predicted molar refractivity (Wildman–Crippen MR) is 88.3 cm³/mol. The van der Waals surface area contributed by atoms with Gasteiger partial charge in [0.05, 0.1) is 13.2 Å². The fourth-order valence-electron chi connectivity index (χ4n) is 2.69. The molecule has 2 aromatic rings. The monoisotopic (exact) mass is 312 g/mol. The molecule has 2 amide bonds. The van der Waals surface area contributed by atoms with Crippen molar-refractivity contribution in [2.45, 2.75) is 6.42 Å². The highest BCUT2D eigenvalue weighted by atomic mass is 16.5. The Morgan fingerprint density at radius 1 is 1.04 bits per heavy atom. The molecule has 5 nitrogen and oxygen atoms in total. The summed E-state index contributed by atoms with van der Waals surface area (Å²) < 4.78 is 5.22. The Balaban J connectivity index is 1.53. The summed E-state index contributed by atoms with van der Waals surface area (Å²) in [4.78, 5) is 26.0.